The first-order valence-corrected chi connectivity index (χ1v) is 9.50. The second-order valence-electron chi connectivity index (χ2n) is 6.10. The maximum atomic E-state index is 5.73. The SMILES string of the molecule is CCOc1cccc(C(c2cccc(Br)c2)N2CCCNCC2)c1. The van der Waals surface area contributed by atoms with Crippen LogP contribution >= 0.6 is 15.9 Å². The molecule has 1 heterocycles. The third kappa shape index (κ3) is 4.38. The molecule has 3 nitrogen and oxygen atoms in total. The first kappa shape index (κ1) is 17.5. The summed E-state index contributed by atoms with van der Waals surface area (Å²) < 4.78 is 6.85. The van der Waals surface area contributed by atoms with Crippen molar-refractivity contribution in [2.45, 2.75) is 19.4 Å². The summed E-state index contributed by atoms with van der Waals surface area (Å²) in [6.07, 6.45) is 1.18. The average molecular weight is 389 g/mol. The minimum absolute atomic E-state index is 0.253. The van der Waals surface area contributed by atoms with E-state index in [2.05, 4.69) is 68.6 Å². The Morgan fingerprint density at radius 1 is 1.08 bits per heavy atom. The second kappa shape index (κ2) is 8.65. The lowest BCUT2D eigenvalue weighted by Gasteiger charge is -2.31. The summed E-state index contributed by atoms with van der Waals surface area (Å²) in [5, 5.41) is 3.50. The van der Waals surface area contributed by atoms with E-state index in [1.807, 2.05) is 13.0 Å². The van der Waals surface area contributed by atoms with Gasteiger partial charge in [0.25, 0.3) is 0 Å². The highest BCUT2D eigenvalue weighted by atomic mass is 79.9. The van der Waals surface area contributed by atoms with Crippen LogP contribution in [0, 0.1) is 0 Å². The van der Waals surface area contributed by atoms with Crippen LogP contribution in [0.15, 0.2) is 53.0 Å². The molecule has 128 valence electrons. The molecule has 0 aromatic heterocycles. The number of nitrogens with zero attached hydrogens (tertiary/aromatic N) is 1. The van der Waals surface area contributed by atoms with Gasteiger partial charge in [-0.25, -0.2) is 0 Å². The molecule has 1 N–H and O–H groups in total. The van der Waals surface area contributed by atoms with Crippen LogP contribution in [0.2, 0.25) is 0 Å². The molecule has 1 aliphatic rings. The zero-order chi connectivity index (χ0) is 16.8. The maximum Gasteiger partial charge on any atom is 0.119 e. The molecule has 3 rings (SSSR count). The highest BCUT2D eigenvalue weighted by Crippen LogP contribution is 2.32. The number of hydrogen-bond donors (Lipinski definition) is 1. The lowest BCUT2D eigenvalue weighted by Crippen LogP contribution is -2.33. The van der Waals surface area contributed by atoms with Crippen LogP contribution in [-0.2, 0) is 0 Å². The van der Waals surface area contributed by atoms with Crippen molar-refractivity contribution in [2.75, 3.05) is 32.8 Å². The molecule has 1 fully saturated rings. The van der Waals surface area contributed by atoms with E-state index in [0.717, 1.165) is 36.4 Å². The van der Waals surface area contributed by atoms with E-state index in [0.29, 0.717) is 6.61 Å². The normalized spacial score (nSPS) is 17.2. The Labute approximate surface area is 153 Å². The van der Waals surface area contributed by atoms with E-state index in [4.69, 9.17) is 4.74 Å². The Balaban J connectivity index is 1.99. The van der Waals surface area contributed by atoms with Crippen LogP contribution in [-0.4, -0.2) is 37.7 Å². The predicted molar refractivity (Wildman–Crippen MR) is 103 cm³/mol. The van der Waals surface area contributed by atoms with Gasteiger partial charge in [0, 0.05) is 24.1 Å². The molecule has 2 aromatic rings. The number of halogens is 1. The van der Waals surface area contributed by atoms with Gasteiger partial charge in [0.1, 0.15) is 5.75 Å². The number of hydrogen-bond acceptors (Lipinski definition) is 3. The summed E-state index contributed by atoms with van der Waals surface area (Å²) in [5.74, 6) is 0.947. The predicted octanol–water partition coefficient (Wildman–Crippen LogP) is 4.23. The number of ether oxygens (including phenoxy) is 1. The fourth-order valence-electron chi connectivity index (χ4n) is 3.36. The van der Waals surface area contributed by atoms with Gasteiger partial charge in [-0.3, -0.25) is 4.90 Å². The minimum atomic E-state index is 0.253. The molecule has 1 atom stereocenters. The van der Waals surface area contributed by atoms with Crippen molar-refractivity contribution in [3.8, 4) is 5.75 Å². The molecule has 0 radical (unpaired) electrons. The first-order chi connectivity index (χ1) is 11.8. The summed E-state index contributed by atoms with van der Waals surface area (Å²) in [6.45, 7) is 7.01. The molecular weight excluding hydrogens is 364 g/mol. The van der Waals surface area contributed by atoms with Crippen LogP contribution < -0.4 is 10.1 Å². The smallest absolute Gasteiger partial charge is 0.119 e. The Hall–Kier alpha value is -1.36. The van der Waals surface area contributed by atoms with Gasteiger partial charge in [-0.05, 0) is 55.3 Å². The Morgan fingerprint density at radius 2 is 1.88 bits per heavy atom. The van der Waals surface area contributed by atoms with Crippen molar-refractivity contribution in [1.29, 1.82) is 0 Å². The van der Waals surface area contributed by atoms with Gasteiger partial charge in [0.15, 0.2) is 0 Å². The molecule has 1 unspecified atom stereocenters. The van der Waals surface area contributed by atoms with Crippen molar-refractivity contribution < 1.29 is 4.74 Å². The molecule has 0 amide bonds. The lowest BCUT2D eigenvalue weighted by atomic mass is 9.96. The summed E-state index contributed by atoms with van der Waals surface area (Å²) >= 11 is 3.63. The van der Waals surface area contributed by atoms with Gasteiger partial charge in [-0.1, -0.05) is 40.2 Å². The quantitative estimate of drug-likeness (QED) is 0.828. The first-order valence-electron chi connectivity index (χ1n) is 8.71. The molecule has 1 aliphatic heterocycles. The Bertz CT molecular complexity index is 654. The van der Waals surface area contributed by atoms with E-state index < -0.39 is 0 Å². The lowest BCUT2D eigenvalue weighted by molar-refractivity contribution is 0.240. The van der Waals surface area contributed by atoms with Crippen molar-refractivity contribution in [3.63, 3.8) is 0 Å². The minimum Gasteiger partial charge on any atom is -0.494 e. The fraction of sp³-hybridized carbons (Fsp3) is 0.400. The zero-order valence-corrected chi connectivity index (χ0v) is 15.8. The Kier molecular flexibility index (Phi) is 6.30. The monoisotopic (exact) mass is 388 g/mol. The molecule has 0 bridgehead atoms. The van der Waals surface area contributed by atoms with Crippen LogP contribution in [0.4, 0.5) is 0 Å². The summed E-state index contributed by atoms with van der Waals surface area (Å²) in [4.78, 5) is 2.58. The molecule has 24 heavy (non-hydrogen) atoms. The third-order valence-corrected chi connectivity index (χ3v) is 4.88. The van der Waals surface area contributed by atoms with Gasteiger partial charge in [0.05, 0.1) is 12.6 Å². The third-order valence-electron chi connectivity index (χ3n) is 4.39. The number of rotatable bonds is 5. The van der Waals surface area contributed by atoms with E-state index >= 15 is 0 Å². The van der Waals surface area contributed by atoms with E-state index in [1.54, 1.807) is 0 Å². The summed E-state index contributed by atoms with van der Waals surface area (Å²) in [5.41, 5.74) is 2.61. The average Bonchev–Trinajstić information content (AvgIpc) is 2.85. The zero-order valence-electron chi connectivity index (χ0n) is 14.2. The second-order valence-corrected chi connectivity index (χ2v) is 7.02. The maximum absolute atomic E-state index is 5.73. The molecule has 0 aliphatic carbocycles. The Morgan fingerprint density at radius 3 is 2.67 bits per heavy atom. The summed E-state index contributed by atoms with van der Waals surface area (Å²) in [7, 11) is 0. The standard InChI is InChI=1S/C20H25BrN2O/c1-2-24-19-9-4-7-17(15-19)20(16-6-3-8-18(21)14-16)23-12-5-10-22-11-13-23/h3-4,6-9,14-15,20,22H,2,5,10-13H2,1H3. The van der Waals surface area contributed by atoms with Gasteiger partial charge in [-0.2, -0.15) is 0 Å². The van der Waals surface area contributed by atoms with Crippen molar-refractivity contribution in [3.05, 3.63) is 64.1 Å². The van der Waals surface area contributed by atoms with Gasteiger partial charge < -0.3 is 10.1 Å². The molecular formula is C20H25BrN2O. The van der Waals surface area contributed by atoms with Crippen molar-refractivity contribution >= 4 is 15.9 Å². The van der Waals surface area contributed by atoms with E-state index in [1.165, 1.54) is 17.5 Å². The summed E-state index contributed by atoms with van der Waals surface area (Å²) in [6, 6.07) is 17.5. The van der Waals surface area contributed by atoms with Crippen LogP contribution in [0.1, 0.15) is 30.5 Å². The number of benzene rings is 2. The van der Waals surface area contributed by atoms with Crippen LogP contribution in [0.5, 0.6) is 5.75 Å². The molecule has 0 spiro atoms. The highest BCUT2D eigenvalue weighted by Gasteiger charge is 2.23. The van der Waals surface area contributed by atoms with Gasteiger partial charge >= 0.3 is 0 Å². The van der Waals surface area contributed by atoms with Crippen molar-refractivity contribution in [2.24, 2.45) is 0 Å². The molecule has 1 saturated heterocycles. The van der Waals surface area contributed by atoms with Crippen LogP contribution in [0.25, 0.3) is 0 Å². The molecule has 4 heteroatoms. The van der Waals surface area contributed by atoms with Gasteiger partial charge in [0.2, 0.25) is 0 Å². The van der Waals surface area contributed by atoms with Crippen molar-refractivity contribution in [1.82, 2.24) is 10.2 Å². The van der Waals surface area contributed by atoms with Gasteiger partial charge in [-0.15, -0.1) is 0 Å². The topological polar surface area (TPSA) is 24.5 Å². The molecule has 0 saturated carbocycles. The highest BCUT2D eigenvalue weighted by molar-refractivity contribution is 9.10. The number of nitrogens with one attached hydrogen (secondary N) is 1. The van der Waals surface area contributed by atoms with Crippen LogP contribution in [0.3, 0.4) is 0 Å². The fourth-order valence-corrected chi connectivity index (χ4v) is 3.77. The largest absolute Gasteiger partial charge is 0.494 e. The van der Waals surface area contributed by atoms with E-state index in [-0.39, 0.29) is 6.04 Å². The molecule has 2 aromatic carbocycles. The van der Waals surface area contributed by atoms with E-state index in [9.17, 15) is 0 Å².